The normalized spacial score (nSPS) is 11.2. The molecule has 0 atom stereocenters. The van der Waals surface area contributed by atoms with E-state index in [1.165, 1.54) is 24.3 Å². The predicted octanol–water partition coefficient (Wildman–Crippen LogP) is 5.12. The first kappa shape index (κ1) is 15.3. The molecule has 2 aromatic rings. The minimum atomic E-state index is -4.44. The van der Waals surface area contributed by atoms with Gasteiger partial charge in [0.25, 0.3) is 5.69 Å². The fourth-order valence-corrected chi connectivity index (χ4v) is 2.15. The molecule has 4 nitrogen and oxygen atoms in total. The van der Waals surface area contributed by atoms with Gasteiger partial charge in [-0.05, 0) is 40.2 Å². The Bertz CT molecular complexity index is 689. The summed E-state index contributed by atoms with van der Waals surface area (Å²) < 4.78 is 37.9. The van der Waals surface area contributed by atoms with Crippen LogP contribution in [0.5, 0.6) is 0 Å². The summed E-state index contributed by atoms with van der Waals surface area (Å²) in [5.41, 5.74) is -0.466. The number of rotatable bonds is 3. The highest BCUT2D eigenvalue weighted by Crippen LogP contribution is 2.36. The van der Waals surface area contributed by atoms with E-state index in [0.717, 1.165) is 12.1 Å². The number of nitro groups is 1. The number of hydrogen-bond donors (Lipinski definition) is 1. The van der Waals surface area contributed by atoms with Gasteiger partial charge in [-0.25, -0.2) is 0 Å². The molecule has 0 saturated heterocycles. The SMILES string of the molecule is O=[N+]([O-])c1ccccc1Nc1ccc(C(F)(F)F)cc1Br. The third kappa shape index (κ3) is 3.52. The first-order chi connectivity index (χ1) is 9.79. The van der Waals surface area contributed by atoms with Gasteiger partial charge in [-0.1, -0.05) is 12.1 Å². The van der Waals surface area contributed by atoms with Crippen LogP contribution >= 0.6 is 15.9 Å². The third-order valence-electron chi connectivity index (χ3n) is 2.67. The number of nitro benzene ring substituents is 1. The van der Waals surface area contributed by atoms with Crippen LogP contribution in [-0.4, -0.2) is 4.92 Å². The number of halogens is 4. The lowest BCUT2D eigenvalue weighted by atomic mass is 10.2. The Labute approximate surface area is 125 Å². The monoisotopic (exact) mass is 360 g/mol. The van der Waals surface area contributed by atoms with Crippen molar-refractivity contribution in [2.45, 2.75) is 6.18 Å². The maximum Gasteiger partial charge on any atom is 0.416 e. The van der Waals surface area contributed by atoms with Crippen LogP contribution < -0.4 is 5.32 Å². The zero-order chi connectivity index (χ0) is 15.6. The second-order valence-electron chi connectivity index (χ2n) is 4.09. The maximum absolute atomic E-state index is 12.6. The Hall–Kier alpha value is -2.09. The molecule has 2 aromatic carbocycles. The van der Waals surface area contributed by atoms with Gasteiger partial charge in [-0.15, -0.1) is 0 Å². The van der Waals surface area contributed by atoms with Gasteiger partial charge in [0.15, 0.2) is 0 Å². The average Bonchev–Trinajstić information content (AvgIpc) is 2.40. The first-order valence-corrected chi connectivity index (χ1v) is 6.45. The van der Waals surface area contributed by atoms with Gasteiger partial charge in [0, 0.05) is 10.5 Å². The molecule has 0 aliphatic rings. The van der Waals surface area contributed by atoms with E-state index in [2.05, 4.69) is 21.2 Å². The lowest BCUT2D eigenvalue weighted by molar-refractivity contribution is -0.383. The lowest BCUT2D eigenvalue weighted by Gasteiger charge is -2.12. The number of benzene rings is 2. The Morgan fingerprint density at radius 1 is 1.10 bits per heavy atom. The summed E-state index contributed by atoms with van der Waals surface area (Å²) in [5, 5.41) is 13.6. The van der Waals surface area contributed by atoms with E-state index in [9.17, 15) is 23.3 Å². The van der Waals surface area contributed by atoms with E-state index in [1.54, 1.807) is 6.07 Å². The van der Waals surface area contributed by atoms with Crippen molar-refractivity contribution < 1.29 is 18.1 Å². The molecule has 0 aliphatic heterocycles. The smallest absolute Gasteiger partial charge is 0.349 e. The second-order valence-corrected chi connectivity index (χ2v) is 4.95. The van der Waals surface area contributed by atoms with Gasteiger partial charge in [0.05, 0.1) is 16.2 Å². The molecule has 0 spiro atoms. The molecule has 0 unspecified atom stereocenters. The summed E-state index contributed by atoms with van der Waals surface area (Å²) in [6.45, 7) is 0. The largest absolute Gasteiger partial charge is 0.416 e. The third-order valence-corrected chi connectivity index (χ3v) is 3.32. The molecular formula is C13H8BrF3N2O2. The molecule has 0 bridgehead atoms. The summed E-state index contributed by atoms with van der Waals surface area (Å²) in [7, 11) is 0. The van der Waals surface area contributed by atoms with Crippen LogP contribution in [0.25, 0.3) is 0 Å². The Kier molecular flexibility index (Phi) is 4.17. The molecule has 110 valence electrons. The molecule has 8 heteroatoms. The van der Waals surface area contributed by atoms with E-state index >= 15 is 0 Å². The molecule has 0 saturated carbocycles. The van der Waals surface area contributed by atoms with Crippen LogP contribution in [0.15, 0.2) is 46.9 Å². The number of anilines is 2. The standard InChI is InChI=1S/C13H8BrF3N2O2/c14-9-7-8(13(15,16)17)5-6-10(9)18-11-3-1-2-4-12(11)19(20)21/h1-7,18H. The summed E-state index contributed by atoms with van der Waals surface area (Å²) in [4.78, 5) is 10.3. The molecule has 0 amide bonds. The minimum Gasteiger partial charge on any atom is -0.349 e. The van der Waals surface area contributed by atoms with Crippen molar-refractivity contribution in [1.29, 1.82) is 0 Å². The topological polar surface area (TPSA) is 55.2 Å². The van der Waals surface area contributed by atoms with Gasteiger partial charge < -0.3 is 5.32 Å². The summed E-state index contributed by atoms with van der Waals surface area (Å²) in [6.07, 6.45) is -4.44. The molecule has 0 fully saturated rings. The van der Waals surface area contributed by atoms with E-state index in [0.29, 0.717) is 5.69 Å². The number of para-hydroxylation sites is 2. The Morgan fingerprint density at radius 2 is 1.76 bits per heavy atom. The van der Waals surface area contributed by atoms with Crippen molar-refractivity contribution >= 4 is 33.0 Å². The van der Waals surface area contributed by atoms with Crippen molar-refractivity contribution in [3.63, 3.8) is 0 Å². The molecule has 0 aromatic heterocycles. The first-order valence-electron chi connectivity index (χ1n) is 5.66. The van der Waals surface area contributed by atoms with Gasteiger partial charge in [-0.2, -0.15) is 13.2 Å². The molecule has 1 N–H and O–H groups in total. The van der Waals surface area contributed by atoms with Gasteiger partial charge in [0.2, 0.25) is 0 Å². The number of hydrogen-bond acceptors (Lipinski definition) is 3. The van der Waals surface area contributed by atoms with E-state index in [1.807, 2.05) is 0 Å². The van der Waals surface area contributed by atoms with Crippen molar-refractivity contribution in [3.05, 3.63) is 62.6 Å². The number of alkyl halides is 3. The van der Waals surface area contributed by atoms with E-state index in [4.69, 9.17) is 0 Å². The number of nitrogens with zero attached hydrogens (tertiary/aromatic N) is 1. The van der Waals surface area contributed by atoms with Crippen LogP contribution in [0.4, 0.5) is 30.2 Å². The van der Waals surface area contributed by atoms with Crippen LogP contribution in [0.1, 0.15) is 5.56 Å². The second kappa shape index (κ2) is 5.72. The fraction of sp³-hybridized carbons (Fsp3) is 0.0769. The molecule has 0 radical (unpaired) electrons. The van der Waals surface area contributed by atoms with Crippen molar-refractivity contribution in [3.8, 4) is 0 Å². The Balaban J connectivity index is 2.35. The lowest BCUT2D eigenvalue weighted by Crippen LogP contribution is -2.05. The fourth-order valence-electron chi connectivity index (χ4n) is 1.68. The van der Waals surface area contributed by atoms with Crippen molar-refractivity contribution in [2.24, 2.45) is 0 Å². The van der Waals surface area contributed by atoms with E-state index in [-0.39, 0.29) is 15.8 Å². The molecule has 2 rings (SSSR count). The molecule has 0 heterocycles. The minimum absolute atomic E-state index is 0.162. The van der Waals surface area contributed by atoms with Gasteiger partial charge in [-0.3, -0.25) is 10.1 Å². The zero-order valence-corrected chi connectivity index (χ0v) is 11.9. The average molecular weight is 361 g/mol. The van der Waals surface area contributed by atoms with Crippen molar-refractivity contribution in [2.75, 3.05) is 5.32 Å². The predicted molar refractivity (Wildman–Crippen MR) is 75.5 cm³/mol. The Morgan fingerprint density at radius 3 is 2.33 bits per heavy atom. The molecule has 21 heavy (non-hydrogen) atoms. The van der Waals surface area contributed by atoms with Crippen LogP contribution in [0, 0.1) is 10.1 Å². The summed E-state index contributed by atoms with van der Waals surface area (Å²) >= 11 is 3.03. The zero-order valence-electron chi connectivity index (χ0n) is 10.3. The van der Waals surface area contributed by atoms with Crippen LogP contribution in [-0.2, 0) is 6.18 Å². The number of nitrogens with one attached hydrogen (secondary N) is 1. The maximum atomic E-state index is 12.6. The van der Waals surface area contributed by atoms with Crippen LogP contribution in [0.3, 0.4) is 0 Å². The molecular weight excluding hydrogens is 353 g/mol. The van der Waals surface area contributed by atoms with E-state index < -0.39 is 16.7 Å². The van der Waals surface area contributed by atoms with Crippen molar-refractivity contribution in [1.82, 2.24) is 0 Å². The summed E-state index contributed by atoms with van der Waals surface area (Å²) in [5.74, 6) is 0. The molecule has 0 aliphatic carbocycles. The highest BCUT2D eigenvalue weighted by atomic mass is 79.9. The highest BCUT2D eigenvalue weighted by Gasteiger charge is 2.30. The summed E-state index contributed by atoms with van der Waals surface area (Å²) in [6, 6.07) is 8.91. The van der Waals surface area contributed by atoms with Crippen LogP contribution in [0.2, 0.25) is 0 Å². The highest BCUT2D eigenvalue weighted by molar-refractivity contribution is 9.10. The quantitative estimate of drug-likeness (QED) is 0.610. The van der Waals surface area contributed by atoms with Gasteiger partial charge in [0.1, 0.15) is 5.69 Å². The van der Waals surface area contributed by atoms with Gasteiger partial charge >= 0.3 is 6.18 Å².